The third-order valence-electron chi connectivity index (χ3n) is 4.36. The number of guanidine groups is 1. The summed E-state index contributed by atoms with van der Waals surface area (Å²) >= 11 is 0. The molecule has 3 rings (SSSR count). The molecule has 0 bridgehead atoms. The maximum absolute atomic E-state index is 5.59. The van der Waals surface area contributed by atoms with Crippen LogP contribution in [0.25, 0.3) is 0 Å². The summed E-state index contributed by atoms with van der Waals surface area (Å²) < 4.78 is 16.4. The lowest BCUT2D eigenvalue weighted by atomic mass is 10.1. The molecule has 1 aliphatic rings. The van der Waals surface area contributed by atoms with E-state index < -0.39 is 0 Å². The van der Waals surface area contributed by atoms with Gasteiger partial charge in [-0.15, -0.1) is 0 Å². The number of nitrogens with one attached hydrogen (secondary N) is 2. The molecule has 1 atom stereocenters. The molecule has 2 aromatic rings. The van der Waals surface area contributed by atoms with Crippen molar-refractivity contribution in [3.63, 3.8) is 0 Å². The molecule has 0 saturated heterocycles. The van der Waals surface area contributed by atoms with Gasteiger partial charge in [0.2, 0.25) is 6.79 Å². The number of aliphatic imine (C=N–C) groups is 1. The van der Waals surface area contributed by atoms with Crippen LogP contribution in [0.4, 0.5) is 0 Å². The van der Waals surface area contributed by atoms with E-state index in [9.17, 15) is 0 Å². The topological polar surface area (TPSA) is 64.1 Å². The molecule has 1 aliphatic heterocycles. The molecular weight excluding hydrogens is 342 g/mol. The van der Waals surface area contributed by atoms with Gasteiger partial charge in [0.15, 0.2) is 17.5 Å². The predicted octanol–water partition coefficient (Wildman–Crippen LogP) is 2.90. The van der Waals surface area contributed by atoms with E-state index in [1.165, 1.54) is 5.56 Å². The van der Waals surface area contributed by atoms with Gasteiger partial charge in [-0.3, -0.25) is 4.99 Å². The summed E-state index contributed by atoms with van der Waals surface area (Å²) in [4.78, 5) is 4.67. The van der Waals surface area contributed by atoms with Crippen molar-refractivity contribution in [3.05, 3.63) is 59.7 Å². The average Bonchev–Trinajstić information content (AvgIpc) is 3.17. The lowest BCUT2D eigenvalue weighted by Crippen LogP contribution is -2.38. The first-order valence-electron chi connectivity index (χ1n) is 9.28. The number of benzene rings is 2. The molecule has 144 valence electrons. The molecule has 0 aliphatic carbocycles. The summed E-state index contributed by atoms with van der Waals surface area (Å²) in [6.45, 7) is 4.49. The minimum atomic E-state index is -0.0597. The van der Waals surface area contributed by atoms with Crippen molar-refractivity contribution in [2.45, 2.75) is 19.4 Å². The Morgan fingerprint density at radius 1 is 1.11 bits per heavy atom. The van der Waals surface area contributed by atoms with Crippen LogP contribution in [-0.4, -0.2) is 39.5 Å². The van der Waals surface area contributed by atoms with Gasteiger partial charge in [-0.05, 0) is 36.6 Å². The zero-order valence-electron chi connectivity index (χ0n) is 15.9. The zero-order chi connectivity index (χ0) is 18.9. The van der Waals surface area contributed by atoms with Gasteiger partial charge in [0.1, 0.15) is 6.10 Å². The van der Waals surface area contributed by atoms with Crippen molar-refractivity contribution in [3.8, 4) is 11.5 Å². The molecule has 0 fully saturated rings. The normalized spacial score (nSPS) is 14.1. The van der Waals surface area contributed by atoms with Crippen LogP contribution in [0.15, 0.2) is 53.5 Å². The number of methoxy groups -OCH3 is 1. The molecule has 6 heteroatoms. The third-order valence-corrected chi connectivity index (χ3v) is 4.36. The molecule has 2 aromatic carbocycles. The minimum Gasteiger partial charge on any atom is -0.454 e. The van der Waals surface area contributed by atoms with Crippen LogP contribution in [0.3, 0.4) is 0 Å². The monoisotopic (exact) mass is 369 g/mol. The highest BCUT2D eigenvalue weighted by Gasteiger charge is 2.13. The first kappa shape index (κ1) is 19.0. The van der Waals surface area contributed by atoms with E-state index in [0.29, 0.717) is 13.3 Å². The molecule has 27 heavy (non-hydrogen) atoms. The number of ether oxygens (including phenoxy) is 3. The van der Waals surface area contributed by atoms with Crippen LogP contribution in [0.5, 0.6) is 11.5 Å². The van der Waals surface area contributed by atoms with Crippen molar-refractivity contribution in [1.82, 2.24) is 10.6 Å². The Morgan fingerprint density at radius 2 is 1.93 bits per heavy atom. The van der Waals surface area contributed by atoms with E-state index in [-0.39, 0.29) is 6.10 Å². The second kappa shape index (κ2) is 9.83. The third kappa shape index (κ3) is 5.37. The van der Waals surface area contributed by atoms with Gasteiger partial charge < -0.3 is 24.8 Å². The van der Waals surface area contributed by atoms with Crippen molar-refractivity contribution in [2.75, 3.05) is 33.5 Å². The minimum absolute atomic E-state index is 0.0597. The number of rotatable bonds is 8. The highest BCUT2D eigenvalue weighted by Crippen LogP contribution is 2.32. The summed E-state index contributed by atoms with van der Waals surface area (Å²) in [6, 6.07) is 16.2. The lowest BCUT2D eigenvalue weighted by molar-refractivity contribution is 0.111. The number of fused-ring (bicyclic) bond motifs is 1. The van der Waals surface area contributed by atoms with Crippen molar-refractivity contribution in [2.24, 2.45) is 4.99 Å². The van der Waals surface area contributed by atoms with Crippen molar-refractivity contribution >= 4 is 5.96 Å². The molecule has 0 aromatic heterocycles. The van der Waals surface area contributed by atoms with E-state index >= 15 is 0 Å². The Kier molecular flexibility index (Phi) is 6.93. The van der Waals surface area contributed by atoms with Crippen molar-refractivity contribution in [1.29, 1.82) is 0 Å². The maximum atomic E-state index is 5.59. The SMILES string of the molecule is CCNC(=NCC(OC)c1ccccc1)NCCc1ccc2c(c1)OCO2. The van der Waals surface area contributed by atoms with E-state index in [1.807, 2.05) is 30.3 Å². The molecule has 2 N–H and O–H groups in total. The van der Waals surface area contributed by atoms with E-state index in [1.54, 1.807) is 7.11 Å². The second-order valence-electron chi connectivity index (χ2n) is 6.22. The molecule has 1 heterocycles. The van der Waals surface area contributed by atoms with Gasteiger partial charge in [-0.2, -0.15) is 0 Å². The Morgan fingerprint density at radius 3 is 2.70 bits per heavy atom. The van der Waals surface area contributed by atoms with Crippen LogP contribution in [-0.2, 0) is 11.2 Å². The van der Waals surface area contributed by atoms with Gasteiger partial charge in [-0.1, -0.05) is 36.4 Å². The lowest BCUT2D eigenvalue weighted by Gasteiger charge is -2.16. The Balaban J connectivity index is 1.54. The summed E-state index contributed by atoms with van der Waals surface area (Å²) in [6.07, 6.45) is 0.809. The van der Waals surface area contributed by atoms with Gasteiger partial charge in [0.25, 0.3) is 0 Å². The second-order valence-corrected chi connectivity index (χ2v) is 6.22. The molecule has 1 unspecified atom stereocenters. The zero-order valence-corrected chi connectivity index (χ0v) is 15.9. The first-order valence-corrected chi connectivity index (χ1v) is 9.28. The molecule has 0 spiro atoms. The molecule has 0 saturated carbocycles. The highest BCUT2D eigenvalue weighted by molar-refractivity contribution is 5.79. The van der Waals surface area contributed by atoms with Gasteiger partial charge in [-0.25, -0.2) is 0 Å². The Hall–Kier alpha value is -2.73. The molecular formula is C21H27N3O3. The fourth-order valence-electron chi connectivity index (χ4n) is 2.92. The maximum Gasteiger partial charge on any atom is 0.231 e. The van der Waals surface area contributed by atoms with Crippen LogP contribution in [0, 0.1) is 0 Å². The van der Waals surface area contributed by atoms with Crippen LogP contribution in [0.2, 0.25) is 0 Å². The number of nitrogens with zero attached hydrogens (tertiary/aromatic N) is 1. The number of hydrogen-bond acceptors (Lipinski definition) is 4. The van der Waals surface area contributed by atoms with Crippen LogP contribution >= 0.6 is 0 Å². The fourth-order valence-corrected chi connectivity index (χ4v) is 2.92. The quantitative estimate of drug-likeness (QED) is 0.553. The summed E-state index contributed by atoms with van der Waals surface area (Å²) in [5.74, 6) is 2.42. The number of hydrogen-bond donors (Lipinski definition) is 2. The molecule has 0 amide bonds. The largest absolute Gasteiger partial charge is 0.454 e. The summed E-state index contributed by atoms with van der Waals surface area (Å²) in [7, 11) is 1.72. The van der Waals surface area contributed by atoms with E-state index in [2.05, 4.69) is 40.7 Å². The van der Waals surface area contributed by atoms with E-state index in [4.69, 9.17) is 14.2 Å². The summed E-state index contributed by atoms with van der Waals surface area (Å²) in [5, 5.41) is 6.66. The van der Waals surface area contributed by atoms with Crippen LogP contribution < -0.4 is 20.1 Å². The molecule has 6 nitrogen and oxygen atoms in total. The van der Waals surface area contributed by atoms with Gasteiger partial charge in [0.05, 0.1) is 6.54 Å². The smallest absolute Gasteiger partial charge is 0.231 e. The van der Waals surface area contributed by atoms with Crippen molar-refractivity contribution < 1.29 is 14.2 Å². The standard InChI is InChI=1S/C21H27N3O3/c1-3-22-21(24-14-20(25-2)17-7-5-4-6-8-17)23-12-11-16-9-10-18-19(13-16)27-15-26-18/h4-10,13,20H,3,11-12,14-15H2,1-2H3,(H2,22,23,24). The molecule has 0 radical (unpaired) electrons. The van der Waals surface area contributed by atoms with E-state index in [0.717, 1.165) is 42.5 Å². The Bertz CT molecular complexity index is 750. The van der Waals surface area contributed by atoms with Gasteiger partial charge >= 0.3 is 0 Å². The summed E-state index contributed by atoms with van der Waals surface area (Å²) in [5.41, 5.74) is 2.32. The first-order chi connectivity index (χ1) is 13.3. The highest BCUT2D eigenvalue weighted by atomic mass is 16.7. The van der Waals surface area contributed by atoms with Gasteiger partial charge in [0, 0.05) is 20.2 Å². The predicted molar refractivity (Wildman–Crippen MR) is 106 cm³/mol. The Labute approximate surface area is 160 Å². The fraction of sp³-hybridized carbons (Fsp3) is 0.381. The van der Waals surface area contributed by atoms with Crippen LogP contribution in [0.1, 0.15) is 24.2 Å². The average molecular weight is 369 g/mol.